The Morgan fingerprint density at radius 3 is 1.92 bits per heavy atom. The Hall–Kier alpha value is -5.85. The van der Waals surface area contributed by atoms with Gasteiger partial charge in [0.1, 0.15) is 29.4 Å². The second-order valence-electron chi connectivity index (χ2n) is 15.2. The zero-order valence-corrected chi connectivity index (χ0v) is 36.4. The molecule has 2 heterocycles. The molecule has 0 aliphatic carbocycles. The number of anilines is 1. The average Bonchev–Trinajstić information content (AvgIpc) is 3.58. The minimum absolute atomic E-state index is 0.0517. The first-order chi connectivity index (χ1) is 29.8. The molecule has 16 heteroatoms. The molecule has 326 valence electrons. The van der Waals surface area contributed by atoms with Crippen molar-refractivity contribution in [3.8, 4) is 17.6 Å². The second kappa shape index (κ2) is 20.3. The van der Waals surface area contributed by atoms with Crippen molar-refractivity contribution >= 4 is 19.6 Å². The van der Waals surface area contributed by atoms with Gasteiger partial charge < -0.3 is 23.7 Å². The molecular weight excluding hydrogens is 814 g/mol. The predicted octanol–water partition coefficient (Wildman–Crippen LogP) is 7.25. The molecule has 5 atom stereocenters. The fourth-order valence-electron chi connectivity index (χ4n) is 7.95. The van der Waals surface area contributed by atoms with Gasteiger partial charge in [0.25, 0.3) is 5.56 Å². The maximum Gasteiger partial charge on any atom is 0.412 e. The molecule has 5 aromatic rings. The molecule has 0 bridgehead atoms. The lowest BCUT2D eigenvalue weighted by atomic mass is 9.80. The van der Waals surface area contributed by atoms with Crippen molar-refractivity contribution in [2.45, 2.75) is 76.3 Å². The minimum Gasteiger partial charge on any atom is -0.497 e. The summed E-state index contributed by atoms with van der Waals surface area (Å²) in [6, 6.07) is 35.9. The van der Waals surface area contributed by atoms with Crippen LogP contribution in [0.3, 0.4) is 0 Å². The molecule has 1 unspecified atom stereocenters. The van der Waals surface area contributed by atoms with E-state index in [1.165, 1.54) is 6.20 Å². The smallest absolute Gasteiger partial charge is 0.412 e. The number of nitrogens with zero attached hydrogens (tertiary/aromatic N) is 3. The lowest BCUT2D eigenvalue weighted by molar-refractivity contribution is -0.0949. The maximum atomic E-state index is 13.9. The van der Waals surface area contributed by atoms with Gasteiger partial charge in [0.2, 0.25) is 0 Å². The highest BCUT2D eigenvalue weighted by Gasteiger charge is 2.59. The lowest BCUT2D eigenvalue weighted by Gasteiger charge is -2.39. The molecule has 1 saturated heterocycles. The molecule has 0 saturated carbocycles. The SMILES string of the molecule is COc1ccc(C(OC[C@H]2O[C@@H](n3ccc(=O)[nH]c3=O)[C@H](OC(=O)Nc3ccccc3)[C@@H]2O[P+](O)(CCC#N)N(C(C)C)C(C)C)(c2ccccc2)c2ccc(OC)cc2)cc1. The van der Waals surface area contributed by atoms with E-state index in [9.17, 15) is 24.5 Å². The summed E-state index contributed by atoms with van der Waals surface area (Å²) in [6.07, 6.45) is -5.08. The zero-order valence-electron chi connectivity index (χ0n) is 35.5. The number of H-pyrrole nitrogens is 1. The number of aromatic amines is 1. The van der Waals surface area contributed by atoms with E-state index in [0.29, 0.717) is 17.2 Å². The fourth-order valence-corrected chi connectivity index (χ4v) is 10.9. The van der Waals surface area contributed by atoms with Crippen LogP contribution in [0.1, 0.15) is 57.0 Å². The van der Waals surface area contributed by atoms with Gasteiger partial charge >= 0.3 is 19.7 Å². The fraction of sp³-hybridized carbons (Fsp3) is 0.348. The van der Waals surface area contributed by atoms with E-state index in [2.05, 4.69) is 16.4 Å². The monoisotopic (exact) mass is 866 g/mol. The van der Waals surface area contributed by atoms with Crippen molar-refractivity contribution in [2.75, 3.05) is 32.3 Å². The van der Waals surface area contributed by atoms with Crippen molar-refractivity contribution in [3.05, 3.63) is 159 Å². The first kappa shape index (κ1) is 45.7. The number of rotatable bonds is 18. The summed E-state index contributed by atoms with van der Waals surface area (Å²) in [4.78, 5) is 54.8. The van der Waals surface area contributed by atoms with Crippen LogP contribution in [0, 0.1) is 11.3 Å². The summed E-state index contributed by atoms with van der Waals surface area (Å²) in [6.45, 7) is 7.37. The quantitative estimate of drug-likeness (QED) is 0.0593. The largest absolute Gasteiger partial charge is 0.497 e. The highest BCUT2D eigenvalue weighted by atomic mass is 31.2. The van der Waals surface area contributed by atoms with E-state index in [0.717, 1.165) is 27.3 Å². The average molecular weight is 867 g/mol. The molecule has 1 amide bonds. The Balaban J connectivity index is 1.53. The van der Waals surface area contributed by atoms with E-state index in [1.54, 1.807) is 44.6 Å². The maximum absolute atomic E-state index is 13.9. The predicted molar refractivity (Wildman–Crippen MR) is 235 cm³/mol. The molecule has 3 N–H and O–H groups in total. The number of carbonyl (C=O) groups excluding carboxylic acids is 1. The van der Waals surface area contributed by atoms with Gasteiger partial charge in [0, 0.05) is 30.0 Å². The van der Waals surface area contributed by atoms with Crippen molar-refractivity contribution < 1.29 is 37.9 Å². The number of nitrogens with one attached hydrogen (secondary N) is 2. The van der Waals surface area contributed by atoms with Crippen LogP contribution >= 0.6 is 7.87 Å². The molecular formula is C46H53N5O10P+. The summed E-state index contributed by atoms with van der Waals surface area (Å²) in [5, 5.41) is 12.5. The Morgan fingerprint density at radius 2 is 1.40 bits per heavy atom. The number of benzene rings is 4. The number of aromatic nitrogens is 2. The Bertz CT molecular complexity index is 2330. The number of carbonyl (C=O) groups is 1. The molecule has 6 rings (SSSR count). The van der Waals surface area contributed by atoms with Crippen LogP contribution in [0.15, 0.2) is 131 Å². The molecule has 1 fully saturated rings. The topological polar surface area (TPSA) is 187 Å². The molecule has 62 heavy (non-hydrogen) atoms. The van der Waals surface area contributed by atoms with E-state index in [-0.39, 0.29) is 31.3 Å². The van der Waals surface area contributed by atoms with Crippen LogP contribution in [-0.4, -0.2) is 82.6 Å². The highest BCUT2D eigenvalue weighted by Crippen LogP contribution is 2.64. The summed E-state index contributed by atoms with van der Waals surface area (Å²) in [5.74, 6) is 1.25. The number of hydrogen-bond donors (Lipinski definition) is 3. The number of para-hydroxylation sites is 1. The highest BCUT2D eigenvalue weighted by molar-refractivity contribution is 7.63. The first-order valence-corrected chi connectivity index (χ1v) is 22.1. The molecule has 0 radical (unpaired) electrons. The van der Waals surface area contributed by atoms with Crippen molar-refractivity contribution in [1.82, 2.24) is 14.2 Å². The Kier molecular flexibility index (Phi) is 15.0. The minimum atomic E-state index is -3.75. The van der Waals surface area contributed by atoms with Crippen LogP contribution in [0.4, 0.5) is 10.5 Å². The van der Waals surface area contributed by atoms with Crippen molar-refractivity contribution in [3.63, 3.8) is 0 Å². The molecule has 15 nitrogen and oxygen atoms in total. The van der Waals surface area contributed by atoms with Crippen LogP contribution < -0.4 is 26.0 Å². The van der Waals surface area contributed by atoms with Gasteiger partial charge in [0.05, 0.1) is 33.3 Å². The molecule has 1 aliphatic heterocycles. The molecule has 1 aliphatic rings. The molecule has 1 aromatic heterocycles. The number of hydrogen-bond acceptors (Lipinski definition) is 12. The van der Waals surface area contributed by atoms with Gasteiger partial charge in [-0.25, -0.2) is 14.5 Å². The summed E-state index contributed by atoms with van der Waals surface area (Å²) < 4.78 is 41.1. The van der Waals surface area contributed by atoms with Gasteiger partial charge in [-0.3, -0.25) is 19.7 Å². The summed E-state index contributed by atoms with van der Waals surface area (Å²) >= 11 is 0. The van der Waals surface area contributed by atoms with Gasteiger partial charge in [-0.15, -0.1) is 4.67 Å². The second-order valence-corrected chi connectivity index (χ2v) is 17.6. The standard InChI is InChI=1S/C46H52N5O10P/c1-31(2)51(32(3)4)62(55,29-13-27-47)61-41-39(59-43(50-28-26-40(52)49-44(50)53)42(41)60-45(54)48-36-16-11-8-12-17-36)30-58-46(33-14-9-7-10-15-33,34-18-22-37(56-5)23-19-34)35-20-24-38(57-6)25-21-35/h7-12,14-26,28,31-32,39,41-43,55H,13,29-30H2,1-6H3,(H-,48,49,52,53,54)/p+1/t39-,41-,42-,43-,62?/m1/s1. The van der Waals surface area contributed by atoms with Crippen molar-refractivity contribution in [2.24, 2.45) is 0 Å². The van der Waals surface area contributed by atoms with Crippen LogP contribution in [0.25, 0.3) is 0 Å². The zero-order chi connectivity index (χ0) is 44.4. The third-order valence-electron chi connectivity index (χ3n) is 10.5. The molecule has 4 aromatic carbocycles. The Labute approximate surface area is 361 Å². The molecule has 0 spiro atoms. The summed E-state index contributed by atoms with van der Waals surface area (Å²) in [5.41, 5.74) is -0.204. The van der Waals surface area contributed by atoms with Crippen LogP contribution in [-0.2, 0) is 24.3 Å². The van der Waals surface area contributed by atoms with Gasteiger partial charge in [-0.2, -0.15) is 9.79 Å². The summed E-state index contributed by atoms with van der Waals surface area (Å²) in [7, 11) is -0.580. The van der Waals surface area contributed by atoms with E-state index >= 15 is 0 Å². The third kappa shape index (κ3) is 10.1. The van der Waals surface area contributed by atoms with E-state index in [4.69, 9.17) is 28.2 Å². The van der Waals surface area contributed by atoms with Gasteiger partial charge in [0.15, 0.2) is 18.4 Å². The van der Waals surface area contributed by atoms with Crippen LogP contribution in [0.5, 0.6) is 11.5 Å². The third-order valence-corrected chi connectivity index (χ3v) is 13.6. The number of methoxy groups -OCH3 is 2. The number of amides is 1. The first-order valence-electron chi connectivity index (χ1n) is 20.3. The normalized spacial score (nSPS) is 18.6. The van der Waals surface area contributed by atoms with E-state index in [1.807, 2.05) is 111 Å². The van der Waals surface area contributed by atoms with Crippen molar-refractivity contribution in [1.29, 1.82) is 5.26 Å². The number of ether oxygens (including phenoxy) is 5. The van der Waals surface area contributed by atoms with Gasteiger partial charge in [-0.05, 0) is 80.8 Å². The Morgan fingerprint density at radius 1 is 0.855 bits per heavy atom. The van der Waals surface area contributed by atoms with Gasteiger partial charge in [-0.1, -0.05) is 72.8 Å². The van der Waals surface area contributed by atoms with E-state index < -0.39 is 55.4 Å². The lowest BCUT2D eigenvalue weighted by Crippen LogP contribution is -2.46. The van der Waals surface area contributed by atoms with Crippen LogP contribution in [0.2, 0.25) is 0 Å². The number of nitriles is 1.